The van der Waals surface area contributed by atoms with Gasteiger partial charge in [-0.15, -0.1) is 0 Å². The Kier molecular flexibility index (Phi) is 4.50. The summed E-state index contributed by atoms with van der Waals surface area (Å²) in [5.74, 6) is 1.01. The largest absolute Gasteiger partial charge is 0.378 e. The Morgan fingerprint density at radius 2 is 2.47 bits per heavy atom. The molecule has 1 unspecified atom stereocenters. The maximum atomic E-state index is 5.61. The zero-order valence-corrected chi connectivity index (χ0v) is 10.7. The molecule has 1 fully saturated rings. The Hall–Kier alpha value is -0.940. The van der Waals surface area contributed by atoms with Crippen LogP contribution in [0.25, 0.3) is 0 Å². The van der Waals surface area contributed by atoms with E-state index in [0.29, 0.717) is 12.1 Å². The van der Waals surface area contributed by atoms with E-state index in [-0.39, 0.29) is 0 Å². The monoisotopic (exact) mass is 238 g/mol. The van der Waals surface area contributed by atoms with Gasteiger partial charge in [0.2, 0.25) is 0 Å². The molecule has 0 radical (unpaired) electrons. The van der Waals surface area contributed by atoms with E-state index in [1.165, 1.54) is 12.8 Å². The van der Waals surface area contributed by atoms with Crippen LogP contribution in [0.4, 0.5) is 0 Å². The van der Waals surface area contributed by atoms with Crippen molar-refractivity contribution in [1.82, 2.24) is 20.1 Å². The molecular weight excluding hydrogens is 216 g/mol. The number of hydrogen-bond acceptors (Lipinski definition) is 4. The summed E-state index contributed by atoms with van der Waals surface area (Å²) in [4.78, 5) is 4.28. The number of aromatic nitrogens is 3. The van der Waals surface area contributed by atoms with E-state index >= 15 is 0 Å². The summed E-state index contributed by atoms with van der Waals surface area (Å²) in [6.45, 7) is 6.87. The smallest absolute Gasteiger partial charge is 0.140 e. The molecule has 0 aliphatic carbocycles. The van der Waals surface area contributed by atoms with Gasteiger partial charge in [-0.2, -0.15) is 5.10 Å². The van der Waals surface area contributed by atoms with Crippen molar-refractivity contribution in [2.24, 2.45) is 0 Å². The Bertz CT molecular complexity index is 331. The third kappa shape index (κ3) is 3.78. The fourth-order valence-electron chi connectivity index (χ4n) is 2.05. The molecule has 1 aliphatic heterocycles. The summed E-state index contributed by atoms with van der Waals surface area (Å²) in [6.07, 6.45) is 5.48. The summed E-state index contributed by atoms with van der Waals surface area (Å²) in [7, 11) is 0. The quantitative estimate of drug-likeness (QED) is 0.812. The van der Waals surface area contributed by atoms with Crippen LogP contribution in [0.2, 0.25) is 0 Å². The molecule has 0 aromatic carbocycles. The van der Waals surface area contributed by atoms with E-state index in [1.807, 2.05) is 4.68 Å². The molecule has 1 saturated heterocycles. The summed E-state index contributed by atoms with van der Waals surface area (Å²) in [5, 5.41) is 7.63. The van der Waals surface area contributed by atoms with E-state index in [2.05, 4.69) is 29.2 Å². The predicted octanol–water partition coefficient (Wildman–Crippen LogP) is 1.35. The van der Waals surface area contributed by atoms with Crippen molar-refractivity contribution in [2.45, 2.75) is 58.3 Å². The molecule has 0 spiro atoms. The molecule has 96 valence electrons. The molecule has 1 N–H and O–H groups in total. The molecule has 1 atom stereocenters. The van der Waals surface area contributed by atoms with E-state index < -0.39 is 0 Å². The van der Waals surface area contributed by atoms with Crippen molar-refractivity contribution >= 4 is 0 Å². The van der Waals surface area contributed by atoms with Gasteiger partial charge >= 0.3 is 0 Å². The number of nitrogens with one attached hydrogen (secondary N) is 1. The highest BCUT2D eigenvalue weighted by atomic mass is 16.5. The molecular formula is C12H22N4O. The molecule has 17 heavy (non-hydrogen) atoms. The zero-order valence-electron chi connectivity index (χ0n) is 10.7. The van der Waals surface area contributed by atoms with Crippen LogP contribution < -0.4 is 5.32 Å². The van der Waals surface area contributed by atoms with Crippen LogP contribution in [-0.4, -0.2) is 33.5 Å². The van der Waals surface area contributed by atoms with Crippen LogP contribution in [-0.2, 0) is 17.8 Å². The lowest BCUT2D eigenvalue weighted by Gasteiger charge is -2.12. The maximum absolute atomic E-state index is 5.61. The fraction of sp³-hybridized carbons (Fsp3) is 0.833. The highest BCUT2D eigenvalue weighted by Gasteiger charge is 2.16. The van der Waals surface area contributed by atoms with Crippen molar-refractivity contribution in [3.05, 3.63) is 12.2 Å². The van der Waals surface area contributed by atoms with Crippen molar-refractivity contribution < 1.29 is 4.74 Å². The number of aryl methyl sites for hydroxylation is 1. The summed E-state index contributed by atoms with van der Waals surface area (Å²) < 4.78 is 7.60. The Morgan fingerprint density at radius 1 is 1.59 bits per heavy atom. The van der Waals surface area contributed by atoms with Gasteiger partial charge in [-0.05, 0) is 19.3 Å². The summed E-state index contributed by atoms with van der Waals surface area (Å²) in [5.41, 5.74) is 0. The van der Waals surface area contributed by atoms with Gasteiger partial charge in [0.1, 0.15) is 12.2 Å². The van der Waals surface area contributed by atoms with Gasteiger partial charge in [0, 0.05) is 19.2 Å². The second kappa shape index (κ2) is 6.12. The van der Waals surface area contributed by atoms with Gasteiger partial charge in [0.05, 0.1) is 12.6 Å². The Balaban J connectivity index is 1.80. The first-order valence-electron chi connectivity index (χ1n) is 6.47. The lowest BCUT2D eigenvalue weighted by molar-refractivity contribution is 0.0991. The van der Waals surface area contributed by atoms with Crippen LogP contribution in [0.1, 0.15) is 38.9 Å². The van der Waals surface area contributed by atoms with Crippen molar-refractivity contribution in [1.29, 1.82) is 0 Å². The third-order valence-corrected chi connectivity index (χ3v) is 3.05. The molecule has 1 aliphatic rings. The summed E-state index contributed by atoms with van der Waals surface area (Å²) >= 11 is 0. The first-order chi connectivity index (χ1) is 8.25. The van der Waals surface area contributed by atoms with Gasteiger partial charge in [0.25, 0.3) is 0 Å². The van der Waals surface area contributed by atoms with E-state index in [9.17, 15) is 0 Å². The van der Waals surface area contributed by atoms with Crippen LogP contribution in [0.15, 0.2) is 6.33 Å². The number of hydrogen-bond donors (Lipinski definition) is 1. The molecule has 0 saturated carbocycles. The van der Waals surface area contributed by atoms with Crippen LogP contribution in [0, 0.1) is 0 Å². The second-order valence-corrected chi connectivity index (χ2v) is 4.86. The number of nitrogens with zero attached hydrogens (tertiary/aromatic N) is 3. The standard InChI is InChI=1S/C12H22N4O/c1-10(2)13-8-12-14-9-15-16(12)6-5-11-4-3-7-17-11/h9-11,13H,3-8H2,1-2H3. The molecule has 5 nitrogen and oxygen atoms in total. The Labute approximate surface area is 103 Å². The van der Waals surface area contributed by atoms with Gasteiger partial charge in [-0.25, -0.2) is 9.67 Å². The van der Waals surface area contributed by atoms with E-state index in [0.717, 1.165) is 31.9 Å². The van der Waals surface area contributed by atoms with Crippen molar-refractivity contribution in [3.63, 3.8) is 0 Å². The van der Waals surface area contributed by atoms with Crippen LogP contribution in [0.3, 0.4) is 0 Å². The fourth-order valence-corrected chi connectivity index (χ4v) is 2.05. The zero-order chi connectivity index (χ0) is 12.1. The normalized spacial score (nSPS) is 20.3. The second-order valence-electron chi connectivity index (χ2n) is 4.86. The van der Waals surface area contributed by atoms with Crippen molar-refractivity contribution in [2.75, 3.05) is 6.61 Å². The first kappa shape index (κ1) is 12.5. The van der Waals surface area contributed by atoms with Gasteiger partial charge in [-0.1, -0.05) is 13.8 Å². The Morgan fingerprint density at radius 3 is 3.18 bits per heavy atom. The summed E-state index contributed by atoms with van der Waals surface area (Å²) in [6, 6.07) is 0.471. The maximum Gasteiger partial charge on any atom is 0.140 e. The van der Waals surface area contributed by atoms with E-state index in [1.54, 1.807) is 6.33 Å². The minimum Gasteiger partial charge on any atom is -0.378 e. The average molecular weight is 238 g/mol. The number of ether oxygens (including phenoxy) is 1. The molecule has 2 rings (SSSR count). The lowest BCUT2D eigenvalue weighted by Crippen LogP contribution is -2.24. The molecule has 2 heterocycles. The van der Waals surface area contributed by atoms with Gasteiger partial charge < -0.3 is 10.1 Å². The topological polar surface area (TPSA) is 52.0 Å². The van der Waals surface area contributed by atoms with Crippen LogP contribution >= 0.6 is 0 Å². The highest BCUT2D eigenvalue weighted by Crippen LogP contribution is 2.16. The minimum absolute atomic E-state index is 0.421. The van der Waals surface area contributed by atoms with Gasteiger partial charge in [-0.3, -0.25) is 0 Å². The minimum atomic E-state index is 0.421. The van der Waals surface area contributed by atoms with Crippen molar-refractivity contribution in [3.8, 4) is 0 Å². The third-order valence-electron chi connectivity index (χ3n) is 3.05. The molecule has 5 heteroatoms. The molecule has 1 aromatic rings. The highest BCUT2D eigenvalue weighted by molar-refractivity contribution is 4.84. The molecule has 0 bridgehead atoms. The molecule has 0 amide bonds. The van der Waals surface area contributed by atoms with Gasteiger partial charge in [0.15, 0.2) is 0 Å². The first-order valence-corrected chi connectivity index (χ1v) is 6.47. The SMILES string of the molecule is CC(C)NCc1ncnn1CCC1CCCO1. The van der Waals surface area contributed by atoms with Crippen LogP contribution in [0.5, 0.6) is 0 Å². The average Bonchev–Trinajstić information content (AvgIpc) is 2.95. The molecule has 1 aromatic heterocycles. The predicted molar refractivity (Wildman–Crippen MR) is 65.6 cm³/mol. The van der Waals surface area contributed by atoms with E-state index in [4.69, 9.17) is 4.74 Å². The lowest BCUT2D eigenvalue weighted by atomic mass is 10.2. The number of rotatable bonds is 6.